The summed E-state index contributed by atoms with van der Waals surface area (Å²) in [4.78, 5) is 25.6. The number of alkyl carbamates (subject to hydrolysis) is 1. The van der Waals surface area contributed by atoms with Crippen LogP contribution < -0.4 is 10.6 Å². The quantitative estimate of drug-likeness (QED) is 0.494. The molecule has 2 N–H and O–H groups in total. The predicted octanol–water partition coefficient (Wildman–Crippen LogP) is 3.61. The summed E-state index contributed by atoms with van der Waals surface area (Å²) in [6.07, 6.45) is 1.66. The number of ether oxygens (including phenoxy) is 2. The van der Waals surface area contributed by atoms with Crippen molar-refractivity contribution in [1.29, 1.82) is 0 Å². The molecular weight excluding hydrogens is 404 g/mol. The van der Waals surface area contributed by atoms with Crippen LogP contribution in [0.2, 0.25) is 0 Å². The van der Waals surface area contributed by atoms with Gasteiger partial charge in [-0.15, -0.1) is 19.0 Å². The molecule has 1 saturated heterocycles. The van der Waals surface area contributed by atoms with Crippen molar-refractivity contribution in [3.05, 3.63) is 84.4 Å². The molecule has 6 nitrogen and oxygen atoms in total. The topological polar surface area (TPSA) is 76.7 Å². The lowest BCUT2D eigenvalue weighted by atomic mass is 9.84. The van der Waals surface area contributed by atoms with Gasteiger partial charge in [-0.05, 0) is 17.5 Å². The summed E-state index contributed by atoms with van der Waals surface area (Å²) in [6, 6.07) is 18.8. The molecule has 0 bridgehead atoms. The maximum atomic E-state index is 13.1. The Kier molecular flexibility index (Phi) is 8.89. The third-order valence-corrected chi connectivity index (χ3v) is 5.06. The van der Waals surface area contributed by atoms with Crippen LogP contribution in [0.4, 0.5) is 4.79 Å². The molecule has 0 aliphatic carbocycles. The minimum Gasteiger partial charge on any atom is -0.459 e. The maximum absolute atomic E-state index is 13.1. The number of hydrogen-bond acceptors (Lipinski definition) is 5. The van der Waals surface area contributed by atoms with Gasteiger partial charge in [0.1, 0.15) is 13.2 Å². The summed E-state index contributed by atoms with van der Waals surface area (Å²) in [5.74, 6) is -0.651. The Bertz CT molecular complexity index is 832. The molecule has 0 radical (unpaired) electrons. The van der Waals surface area contributed by atoms with E-state index in [-0.39, 0.29) is 38.1 Å². The Labute approximate surface area is 183 Å². The Morgan fingerprint density at radius 3 is 2.17 bits per heavy atom. The van der Waals surface area contributed by atoms with Crippen molar-refractivity contribution in [2.75, 3.05) is 13.1 Å². The largest absolute Gasteiger partial charge is 0.459 e. The normalized spacial score (nSPS) is 19.9. The molecule has 1 aliphatic heterocycles. The van der Waals surface area contributed by atoms with Gasteiger partial charge in [-0.25, -0.2) is 9.59 Å². The number of nitrogens with one attached hydrogen (secondary N) is 2. The molecule has 1 fully saturated rings. The first-order chi connectivity index (χ1) is 14.1. The zero-order chi connectivity index (χ0) is 20.5. The number of benzene rings is 2. The number of carbonyl (C=O) groups excluding carboxylic acids is 2. The smallest absolute Gasteiger partial charge is 0.408 e. The standard InChI is InChI=1S/C23H26N2O4.ClH/c1-2-9-20-14-24-17-23(20,21(26)28-15-18-10-5-3-6-11-18)25-22(27)29-16-19-12-7-4-8-13-19;/h2-8,10-13,20,24H,1,9,14-17H2,(H,25,27);1H/t20-,23-;/m0./s1. The van der Waals surface area contributed by atoms with Crippen LogP contribution >= 0.6 is 12.4 Å². The molecular formula is C23H27ClN2O4. The van der Waals surface area contributed by atoms with E-state index in [1.54, 1.807) is 6.08 Å². The highest BCUT2D eigenvalue weighted by Gasteiger charge is 2.51. The minimum absolute atomic E-state index is 0. The molecule has 3 rings (SSSR count). The summed E-state index contributed by atoms with van der Waals surface area (Å²) in [6.45, 7) is 4.89. The Hall–Kier alpha value is -2.83. The number of amides is 1. The number of rotatable bonds is 8. The van der Waals surface area contributed by atoms with E-state index in [9.17, 15) is 9.59 Å². The van der Waals surface area contributed by atoms with Crippen LogP contribution in [0.3, 0.4) is 0 Å². The van der Waals surface area contributed by atoms with Gasteiger partial charge in [0.25, 0.3) is 0 Å². The summed E-state index contributed by atoms with van der Waals surface area (Å²) < 4.78 is 10.9. The average Bonchev–Trinajstić information content (AvgIpc) is 3.15. The van der Waals surface area contributed by atoms with Crippen molar-refractivity contribution in [1.82, 2.24) is 10.6 Å². The van der Waals surface area contributed by atoms with E-state index in [2.05, 4.69) is 17.2 Å². The van der Waals surface area contributed by atoms with Crippen LogP contribution in [0.5, 0.6) is 0 Å². The van der Waals surface area contributed by atoms with Crippen LogP contribution in [0.15, 0.2) is 73.3 Å². The lowest BCUT2D eigenvalue weighted by Gasteiger charge is -2.32. The summed E-state index contributed by atoms with van der Waals surface area (Å²) in [7, 11) is 0. The third kappa shape index (κ3) is 5.84. The lowest BCUT2D eigenvalue weighted by molar-refractivity contribution is -0.153. The minimum atomic E-state index is -1.20. The van der Waals surface area contributed by atoms with Crippen LogP contribution in [-0.4, -0.2) is 30.7 Å². The molecule has 7 heteroatoms. The van der Waals surface area contributed by atoms with Crippen molar-refractivity contribution in [2.24, 2.45) is 5.92 Å². The molecule has 2 aromatic carbocycles. The monoisotopic (exact) mass is 430 g/mol. The highest BCUT2D eigenvalue weighted by molar-refractivity contribution is 5.87. The summed E-state index contributed by atoms with van der Waals surface area (Å²) in [5, 5.41) is 5.98. The second kappa shape index (κ2) is 11.4. The highest BCUT2D eigenvalue weighted by Crippen LogP contribution is 2.28. The number of hydrogen-bond donors (Lipinski definition) is 2. The molecule has 160 valence electrons. The van der Waals surface area contributed by atoms with Gasteiger partial charge in [-0.3, -0.25) is 0 Å². The van der Waals surface area contributed by atoms with Crippen molar-refractivity contribution in [2.45, 2.75) is 25.2 Å². The van der Waals surface area contributed by atoms with E-state index in [4.69, 9.17) is 9.47 Å². The van der Waals surface area contributed by atoms with E-state index in [0.717, 1.165) is 11.1 Å². The van der Waals surface area contributed by atoms with Crippen LogP contribution in [0.25, 0.3) is 0 Å². The van der Waals surface area contributed by atoms with E-state index < -0.39 is 17.6 Å². The molecule has 30 heavy (non-hydrogen) atoms. The lowest BCUT2D eigenvalue weighted by Crippen LogP contribution is -2.60. The zero-order valence-electron chi connectivity index (χ0n) is 16.7. The molecule has 0 unspecified atom stereocenters. The van der Waals surface area contributed by atoms with Crippen molar-refractivity contribution < 1.29 is 19.1 Å². The second-order valence-corrected chi connectivity index (χ2v) is 7.07. The van der Waals surface area contributed by atoms with Crippen LogP contribution in [-0.2, 0) is 27.5 Å². The van der Waals surface area contributed by atoms with Gasteiger partial charge in [0, 0.05) is 19.0 Å². The second-order valence-electron chi connectivity index (χ2n) is 7.07. The van der Waals surface area contributed by atoms with Gasteiger partial charge in [-0.1, -0.05) is 66.7 Å². The molecule has 1 amide bonds. The Morgan fingerprint density at radius 1 is 1.03 bits per heavy atom. The molecule has 2 aromatic rings. The van der Waals surface area contributed by atoms with Crippen molar-refractivity contribution in [3.8, 4) is 0 Å². The van der Waals surface area contributed by atoms with Gasteiger partial charge in [0.2, 0.25) is 0 Å². The van der Waals surface area contributed by atoms with Crippen LogP contribution in [0, 0.1) is 5.92 Å². The molecule has 0 saturated carbocycles. The number of carbonyl (C=O) groups is 2. The Morgan fingerprint density at radius 2 is 1.60 bits per heavy atom. The van der Waals surface area contributed by atoms with Crippen LogP contribution in [0.1, 0.15) is 17.5 Å². The van der Waals surface area contributed by atoms with Gasteiger partial charge >= 0.3 is 12.1 Å². The van der Waals surface area contributed by atoms with E-state index in [0.29, 0.717) is 13.0 Å². The molecule has 0 spiro atoms. The SMILES string of the molecule is C=CC[C@H]1CNC[C@@]1(NC(=O)OCc1ccccc1)C(=O)OCc1ccccc1.Cl. The zero-order valence-corrected chi connectivity index (χ0v) is 17.5. The number of esters is 1. The van der Waals surface area contributed by atoms with Crippen molar-refractivity contribution in [3.63, 3.8) is 0 Å². The number of halogens is 1. The molecule has 0 aromatic heterocycles. The van der Waals surface area contributed by atoms with E-state index in [1.807, 2.05) is 60.7 Å². The van der Waals surface area contributed by atoms with Gasteiger partial charge in [-0.2, -0.15) is 0 Å². The fraction of sp³-hybridized carbons (Fsp3) is 0.304. The van der Waals surface area contributed by atoms with Gasteiger partial charge in [0.15, 0.2) is 5.54 Å². The number of allylic oxidation sites excluding steroid dienone is 1. The van der Waals surface area contributed by atoms with E-state index in [1.165, 1.54) is 0 Å². The first-order valence-corrected chi connectivity index (χ1v) is 9.65. The molecule has 1 aliphatic rings. The van der Waals surface area contributed by atoms with Crippen molar-refractivity contribution >= 4 is 24.5 Å². The first-order valence-electron chi connectivity index (χ1n) is 9.65. The molecule has 1 heterocycles. The fourth-order valence-electron chi connectivity index (χ4n) is 3.48. The highest BCUT2D eigenvalue weighted by atomic mass is 35.5. The third-order valence-electron chi connectivity index (χ3n) is 5.06. The Balaban J connectivity index is 0.00000320. The first kappa shape index (κ1) is 23.4. The van der Waals surface area contributed by atoms with Gasteiger partial charge in [0.05, 0.1) is 0 Å². The molecule has 2 atom stereocenters. The average molecular weight is 431 g/mol. The van der Waals surface area contributed by atoms with Gasteiger partial charge < -0.3 is 20.1 Å². The fourth-order valence-corrected chi connectivity index (χ4v) is 3.48. The van der Waals surface area contributed by atoms with E-state index >= 15 is 0 Å². The predicted molar refractivity (Wildman–Crippen MR) is 117 cm³/mol. The summed E-state index contributed by atoms with van der Waals surface area (Å²) >= 11 is 0. The maximum Gasteiger partial charge on any atom is 0.408 e. The summed E-state index contributed by atoms with van der Waals surface area (Å²) in [5.41, 5.74) is 0.556.